The van der Waals surface area contributed by atoms with Crippen molar-refractivity contribution in [3.8, 4) is 17.0 Å². The predicted octanol–water partition coefficient (Wildman–Crippen LogP) is 3.11. The molecule has 2 N–H and O–H groups in total. The van der Waals surface area contributed by atoms with Gasteiger partial charge in [0.15, 0.2) is 5.13 Å². The number of carbonyl (C=O) groups excluding carboxylic acids is 2. The maximum absolute atomic E-state index is 12.6. The number of hydrogen-bond acceptors (Lipinski definition) is 6. The summed E-state index contributed by atoms with van der Waals surface area (Å²) in [5, 5.41) is 5.19. The lowest BCUT2D eigenvalue weighted by Gasteiger charge is -2.24. The molecule has 3 heterocycles. The zero-order valence-corrected chi connectivity index (χ0v) is 15.3. The number of esters is 1. The van der Waals surface area contributed by atoms with E-state index in [1.807, 2.05) is 29.6 Å². The van der Waals surface area contributed by atoms with E-state index in [4.69, 9.17) is 4.74 Å². The molecule has 4 rings (SSSR count). The van der Waals surface area contributed by atoms with Gasteiger partial charge in [-0.15, -0.1) is 11.3 Å². The number of amides is 1. The quantitative estimate of drug-likeness (QED) is 0.675. The highest BCUT2D eigenvalue weighted by molar-refractivity contribution is 7.14. The SMILES string of the molecule is COC(=O)c1cc(-c2csc(NC(=O)C3COc4ccccc4C3)n2)c[nH]1. The molecule has 0 bridgehead atoms. The first-order valence-electron chi connectivity index (χ1n) is 8.38. The normalized spacial score (nSPS) is 15.5. The zero-order chi connectivity index (χ0) is 18.8. The van der Waals surface area contributed by atoms with Crippen LogP contribution >= 0.6 is 11.3 Å². The Balaban J connectivity index is 1.43. The highest BCUT2D eigenvalue weighted by atomic mass is 32.1. The molecule has 1 aliphatic rings. The van der Waals surface area contributed by atoms with Crippen LogP contribution in [0.15, 0.2) is 41.9 Å². The van der Waals surface area contributed by atoms with Gasteiger partial charge in [0.25, 0.3) is 0 Å². The number of nitrogens with one attached hydrogen (secondary N) is 2. The second-order valence-corrected chi connectivity index (χ2v) is 7.00. The first-order valence-corrected chi connectivity index (χ1v) is 9.26. The topological polar surface area (TPSA) is 93.3 Å². The van der Waals surface area contributed by atoms with Crippen LogP contribution in [0.5, 0.6) is 5.75 Å². The van der Waals surface area contributed by atoms with Crippen LogP contribution in [-0.2, 0) is 16.0 Å². The average molecular weight is 383 g/mol. The summed E-state index contributed by atoms with van der Waals surface area (Å²) in [6.45, 7) is 0.349. The van der Waals surface area contributed by atoms with Gasteiger partial charge in [0.1, 0.15) is 18.1 Å². The van der Waals surface area contributed by atoms with Crippen LogP contribution in [0.3, 0.4) is 0 Å². The van der Waals surface area contributed by atoms with Crippen molar-refractivity contribution >= 4 is 28.3 Å². The lowest BCUT2D eigenvalue weighted by molar-refractivity contribution is -0.121. The third kappa shape index (κ3) is 3.56. The van der Waals surface area contributed by atoms with Gasteiger partial charge < -0.3 is 19.8 Å². The molecule has 0 fully saturated rings. The third-order valence-electron chi connectivity index (χ3n) is 4.37. The molecule has 1 unspecified atom stereocenters. The maximum Gasteiger partial charge on any atom is 0.354 e. The molecule has 8 heteroatoms. The fourth-order valence-corrected chi connectivity index (χ4v) is 3.66. The number of carbonyl (C=O) groups is 2. The van der Waals surface area contributed by atoms with E-state index >= 15 is 0 Å². The fourth-order valence-electron chi connectivity index (χ4n) is 2.94. The van der Waals surface area contributed by atoms with Gasteiger partial charge in [-0.05, 0) is 24.1 Å². The van der Waals surface area contributed by atoms with E-state index in [1.54, 1.807) is 12.3 Å². The molecule has 27 heavy (non-hydrogen) atoms. The molecular formula is C19H17N3O4S. The number of hydrogen-bond donors (Lipinski definition) is 2. The molecule has 1 aliphatic heterocycles. The Morgan fingerprint density at radius 1 is 1.37 bits per heavy atom. The van der Waals surface area contributed by atoms with Crippen molar-refractivity contribution in [3.63, 3.8) is 0 Å². The number of methoxy groups -OCH3 is 1. The van der Waals surface area contributed by atoms with Crippen molar-refractivity contribution in [1.82, 2.24) is 9.97 Å². The minimum atomic E-state index is -0.442. The number of aromatic amines is 1. The number of rotatable bonds is 4. The van der Waals surface area contributed by atoms with E-state index in [0.29, 0.717) is 29.5 Å². The Hall–Kier alpha value is -3.13. The van der Waals surface area contributed by atoms with Gasteiger partial charge in [0, 0.05) is 17.1 Å². The van der Waals surface area contributed by atoms with Crippen molar-refractivity contribution in [2.24, 2.45) is 5.92 Å². The summed E-state index contributed by atoms with van der Waals surface area (Å²) in [5.41, 5.74) is 2.81. The largest absolute Gasteiger partial charge is 0.492 e. The Labute approximate surface area is 159 Å². The number of fused-ring (bicyclic) bond motifs is 1. The molecule has 0 saturated heterocycles. The second kappa shape index (κ2) is 7.24. The molecule has 0 aliphatic carbocycles. The van der Waals surface area contributed by atoms with Gasteiger partial charge in [-0.2, -0.15) is 0 Å². The summed E-state index contributed by atoms with van der Waals surface area (Å²) >= 11 is 1.33. The first-order chi connectivity index (χ1) is 13.1. The van der Waals surface area contributed by atoms with E-state index in [2.05, 4.69) is 20.0 Å². The Morgan fingerprint density at radius 2 is 2.22 bits per heavy atom. The van der Waals surface area contributed by atoms with Crippen LogP contribution in [0, 0.1) is 5.92 Å². The van der Waals surface area contributed by atoms with Crippen molar-refractivity contribution in [2.45, 2.75) is 6.42 Å². The minimum Gasteiger partial charge on any atom is -0.492 e. The summed E-state index contributed by atoms with van der Waals surface area (Å²) in [6, 6.07) is 9.41. The number of ether oxygens (including phenoxy) is 2. The number of benzene rings is 1. The fraction of sp³-hybridized carbons (Fsp3) is 0.211. The molecule has 7 nitrogen and oxygen atoms in total. The molecule has 0 radical (unpaired) electrons. The summed E-state index contributed by atoms with van der Waals surface area (Å²) in [6.07, 6.45) is 2.32. The monoisotopic (exact) mass is 383 g/mol. The number of thiazole rings is 1. The molecule has 1 amide bonds. The number of aromatic nitrogens is 2. The molecule has 1 atom stereocenters. The van der Waals surface area contributed by atoms with E-state index in [0.717, 1.165) is 16.9 Å². The predicted molar refractivity (Wildman–Crippen MR) is 101 cm³/mol. The minimum absolute atomic E-state index is 0.116. The van der Waals surface area contributed by atoms with Gasteiger partial charge in [0.2, 0.25) is 5.91 Å². The van der Waals surface area contributed by atoms with E-state index in [1.165, 1.54) is 18.4 Å². The van der Waals surface area contributed by atoms with Gasteiger partial charge in [-0.3, -0.25) is 4.79 Å². The van der Waals surface area contributed by atoms with Crippen LogP contribution in [0.2, 0.25) is 0 Å². The lowest BCUT2D eigenvalue weighted by atomic mass is 9.96. The summed E-state index contributed by atoms with van der Waals surface area (Å²) in [7, 11) is 1.33. The molecule has 2 aromatic heterocycles. The maximum atomic E-state index is 12.6. The van der Waals surface area contributed by atoms with Gasteiger partial charge in [0.05, 0.1) is 18.7 Å². The number of nitrogens with zero attached hydrogens (tertiary/aromatic N) is 1. The molecule has 138 valence electrons. The molecule has 0 spiro atoms. The number of para-hydroxylation sites is 1. The van der Waals surface area contributed by atoms with Crippen molar-refractivity contribution in [3.05, 3.63) is 53.2 Å². The standard InChI is InChI=1S/C19H17N3O4S/c1-25-18(24)14-7-12(8-20-14)15-10-27-19(21-15)22-17(23)13-6-11-4-2-3-5-16(11)26-9-13/h2-5,7-8,10,13,20H,6,9H2,1H3,(H,21,22,23). The van der Waals surface area contributed by atoms with E-state index in [-0.39, 0.29) is 11.8 Å². The molecule has 1 aromatic carbocycles. The highest BCUT2D eigenvalue weighted by Crippen LogP contribution is 2.29. The van der Waals surface area contributed by atoms with Crippen LogP contribution in [0.25, 0.3) is 11.3 Å². The summed E-state index contributed by atoms with van der Waals surface area (Å²) in [5.74, 6) is 0.0229. The van der Waals surface area contributed by atoms with Gasteiger partial charge in [-0.25, -0.2) is 9.78 Å². The highest BCUT2D eigenvalue weighted by Gasteiger charge is 2.26. The average Bonchev–Trinajstić information content (AvgIpc) is 3.36. The summed E-state index contributed by atoms with van der Waals surface area (Å²) in [4.78, 5) is 31.4. The smallest absolute Gasteiger partial charge is 0.354 e. The van der Waals surface area contributed by atoms with Crippen LogP contribution in [0.1, 0.15) is 16.1 Å². The Bertz CT molecular complexity index is 994. The van der Waals surface area contributed by atoms with Crippen LogP contribution in [-0.4, -0.2) is 35.6 Å². The zero-order valence-electron chi connectivity index (χ0n) is 14.5. The number of anilines is 1. The molecule has 0 saturated carbocycles. The summed E-state index contributed by atoms with van der Waals surface area (Å²) < 4.78 is 10.4. The third-order valence-corrected chi connectivity index (χ3v) is 5.13. The second-order valence-electron chi connectivity index (χ2n) is 6.14. The van der Waals surface area contributed by atoms with E-state index < -0.39 is 5.97 Å². The van der Waals surface area contributed by atoms with Gasteiger partial charge >= 0.3 is 5.97 Å². The Kier molecular flexibility index (Phi) is 4.64. The molecular weight excluding hydrogens is 366 g/mol. The van der Waals surface area contributed by atoms with Crippen LogP contribution in [0.4, 0.5) is 5.13 Å². The van der Waals surface area contributed by atoms with Gasteiger partial charge in [-0.1, -0.05) is 18.2 Å². The first kappa shape index (κ1) is 17.3. The number of H-pyrrole nitrogens is 1. The lowest BCUT2D eigenvalue weighted by Crippen LogP contribution is -2.32. The van der Waals surface area contributed by atoms with Crippen molar-refractivity contribution in [2.75, 3.05) is 19.0 Å². The van der Waals surface area contributed by atoms with Crippen molar-refractivity contribution in [1.29, 1.82) is 0 Å². The van der Waals surface area contributed by atoms with Crippen molar-refractivity contribution < 1.29 is 19.1 Å². The molecule has 3 aromatic rings. The van der Waals surface area contributed by atoms with E-state index in [9.17, 15) is 9.59 Å². The van der Waals surface area contributed by atoms with Crippen LogP contribution < -0.4 is 10.1 Å². The Morgan fingerprint density at radius 3 is 3.07 bits per heavy atom.